The molecule has 2 atom stereocenters. The fourth-order valence-corrected chi connectivity index (χ4v) is 1.35. The molecule has 0 bridgehead atoms. The second-order valence-electron chi connectivity index (χ2n) is 2.76. The van der Waals surface area contributed by atoms with Crippen molar-refractivity contribution in [1.82, 2.24) is 10.2 Å². The van der Waals surface area contributed by atoms with Crippen LogP contribution in [0.4, 0.5) is 0 Å². The van der Waals surface area contributed by atoms with E-state index in [9.17, 15) is 0 Å². The van der Waals surface area contributed by atoms with E-state index >= 15 is 0 Å². The number of likely N-dealkylation sites (tertiary alicyclic amines) is 1. The summed E-state index contributed by atoms with van der Waals surface area (Å²) in [5, 5.41) is 3.33. The maximum absolute atomic E-state index is 8.81. The van der Waals surface area contributed by atoms with E-state index < -0.39 is 0 Å². The first-order valence-electron chi connectivity index (χ1n) is 3.63. The van der Waals surface area contributed by atoms with Gasteiger partial charge in [-0.3, -0.25) is 4.90 Å². The standard InChI is InChI=1S/C5H10N2.C2H4O/c1-7-3-4-5(7)2-6-4;1-2-3/h4-6H,2-3H2,1H3;2H,1H3. The normalized spacial score (nSPS) is 35.8. The third kappa shape index (κ3) is 1.20. The second-order valence-corrected chi connectivity index (χ2v) is 2.76. The van der Waals surface area contributed by atoms with Crippen LogP contribution in [0.15, 0.2) is 0 Å². The van der Waals surface area contributed by atoms with Crippen molar-refractivity contribution in [3.63, 3.8) is 0 Å². The van der Waals surface area contributed by atoms with Gasteiger partial charge in [0.25, 0.3) is 0 Å². The number of aldehydes is 1. The summed E-state index contributed by atoms with van der Waals surface area (Å²) in [6.45, 7) is 3.94. The van der Waals surface area contributed by atoms with Crippen LogP contribution >= 0.6 is 0 Å². The third-order valence-corrected chi connectivity index (χ3v) is 2.10. The van der Waals surface area contributed by atoms with Gasteiger partial charge in [-0.15, -0.1) is 0 Å². The number of hydrogen-bond donors (Lipinski definition) is 1. The molecule has 0 amide bonds. The number of carbonyl (C=O) groups excluding carboxylic acids is 1. The number of hydrogen-bond acceptors (Lipinski definition) is 3. The third-order valence-electron chi connectivity index (χ3n) is 2.10. The Labute approximate surface area is 61.4 Å². The zero-order chi connectivity index (χ0) is 7.56. The zero-order valence-corrected chi connectivity index (χ0v) is 6.50. The van der Waals surface area contributed by atoms with Crippen molar-refractivity contribution in [3.8, 4) is 0 Å². The average molecular weight is 142 g/mol. The minimum Gasteiger partial charge on any atom is -0.310 e. The van der Waals surface area contributed by atoms with Crippen molar-refractivity contribution in [2.75, 3.05) is 20.1 Å². The van der Waals surface area contributed by atoms with Crippen LogP contribution < -0.4 is 5.32 Å². The van der Waals surface area contributed by atoms with E-state index in [4.69, 9.17) is 4.79 Å². The minimum atomic E-state index is 0.750. The average Bonchev–Trinajstić information content (AvgIpc) is 1.84. The van der Waals surface area contributed by atoms with E-state index in [-0.39, 0.29) is 0 Å². The van der Waals surface area contributed by atoms with Gasteiger partial charge in [-0.2, -0.15) is 0 Å². The maximum Gasteiger partial charge on any atom is 0.116 e. The van der Waals surface area contributed by atoms with Crippen LogP contribution in [-0.4, -0.2) is 43.4 Å². The summed E-state index contributed by atoms with van der Waals surface area (Å²) in [5.74, 6) is 0. The summed E-state index contributed by atoms with van der Waals surface area (Å²) in [6.07, 6.45) is 0.750. The lowest BCUT2D eigenvalue weighted by Gasteiger charge is -2.54. The molecule has 2 heterocycles. The first-order chi connectivity index (χ1) is 4.79. The highest BCUT2D eigenvalue weighted by molar-refractivity contribution is 5.44. The lowest BCUT2D eigenvalue weighted by atomic mass is 9.90. The molecule has 0 saturated carbocycles. The second kappa shape index (κ2) is 3.12. The number of rotatable bonds is 0. The van der Waals surface area contributed by atoms with Gasteiger partial charge >= 0.3 is 0 Å². The predicted octanol–water partition coefficient (Wildman–Crippen LogP) is -0.523. The molecule has 2 aliphatic heterocycles. The van der Waals surface area contributed by atoms with Gasteiger partial charge in [0.15, 0.2) is 0 Å². The van der Waals surface area contributed by atoms with Crippen molar-refractivity contribution < 1.29 is 4.79 Å². The molecule has 0 aliphatic carbocycles. The van der Waals surface area contributed by atoms with Crippen LogP contribution in [-0.2, 0) is 4.79 Å². The number of carbonyl (C=O) groups is 1. The smallest absolute Gasteiger partial charge is 0.116 e. The highest BCUT2D eigenvalue weighted by Crippen LogP contribution is 2.21. The Kier molecular flexibility index (Phi) is 2.40. The molecule has 2 fully saturated rings. The van der Waals surface area contributed by atoms with Crippen LogP contribution in [0.2, 0.25) is 0 Å². The van der Waals surface area contributed by atoms with Crippen molar-refractivity contribution in [1.29, 1.82) is 0 Å². The van der Waals surface area contributed by atoms with Crippen molar-refractivity contribution in [3.05, 3.63) is 0 Å². The molecular formula is C7H14N2O. The summed E-state index contributed by atoms with van der Waals surface area (Å²) < 4.78 is 0. The Morgan fingerprint density at radius 3 is 2.30 bits per heavy atom. The number of fused-ring (bicyclic) bond motifs is 1. The fraction of sp³-hybridized carbons (Fsp3) is 0.857. The van der Waals surface area contributed by atoms with E-state index in [1.54, 1.807) is 0 Å². The van der Waals surface area contributed by atoms with Gasteiger partial charge in [0, 0.05) is 25.2 Å². The lowest BCUT2D eigenvalue weighted by Crippen LogP contribution is -2.76. The predicted molar refractivity (Wildman–Crippen MR) is 39.9 cm³/mol. The summed E-state index contributed by atoms with van der Waals surface area (Å²) in [6, 6.07) is 1.77. The maximum atomic E-state index is 8.81. The van der Waals surface area contributed by atoms with Crippen LogP contribution in [0.25, 0.3) is 0 Å². The molecule has 2 rings (SSSR count). The van der Waals surface area contributed by atoms with E-state index in [1.165, 1.54) is 20.0 Å². The van der Waals surface area contributed by atoms with Crippen molar-refractivity contribution >= 4 is 6.29 Å². The molecule has 1 N–H and O–H groups in total. The van der Waals surface area contributed by atoms with Crippen LogP contribution in [0, 0.1) is 0 Å². The van der Waals surface area contributed by atoms with Gasteiger partial charge in [0.1, 0.15) is 6.29 Å². The molecule has 2 saturated heterocycles. The molecule has 0 radical (unpaired) electrons. The van der Waals surface area contributed by atoms with E-state index in [2.05, 4.69) is 17.3 Å². The monoisotopic (exact) mass is 142 g/mol. The lowest BCUT2D eigenvalue weighted by molar-refractivity contribution is -0.106. The summed E-state index contributed by atoms with van der Waals surface area (Å²) in [4.78, 5) is 11.2. The molecule has 0 aromatic heterocycles. The van der Waals surface area contributed by atoms with Gasteiger partial charge in [0.05, 0.1) is 0 Å². The number of nitrogens with one attached hydrogen (secondary N) is 1. The van der Waals surface area contributed by atoms with E-state index in [0.29, 0.717) is 0 Å². The largest absolute Gasteiger partial charge is 0.310 e. The van der Waals surface area contributed by atoms with Crippen molar-refractivity contribution in [2.45, 2.75) is 19.0 Å². The number of likely N-dealkylation sites (N-methyl/N-ethyl adjacent to an activating group) is 1. The first-order valence-corrected chi connectivity index (χ1v) is 3.63. The Morgan fingerprint density at radius 2 is 2.30 bits per heavy atom. The molecule has 0 spiro atoms. The number of nitrogens with zero attached hydrogens (tertiary/aromatic N) is 1. The van der Waals surface area contributed by atoms with E-state index in [1.807, 2.05) is 0 Å². The Balaban J connectivity index is 0.000000148. The molecule has 0 aromatic rings. The zero-order valence-electron chi connectivity index (χ0n) is 6.50. The van der Waals surface area contributed by atoms with Crippen LogP contribution in [0.1, 0.15) is 6.92 Å². The van der Waals surface area contributed by atoms with Gasteiger partial charge < -0.3 is 10.1 Å². The quantitative estimate of drug-likeness (QED) is 0.462. The van der Waals surface area contributed by atoms with Gasteiger partial charge in [-0.05, 0) is 14.0 Å². The van der Waals surface area contributed by atoms with E-state index in [0.717, 1.165) is 18.4 Å². The Hall–Kier alpha value is -0.410. The van der Waals surface area contributed by atoms with Gasteiger partial charge in [-0.25, -0.2) is 0 Å². The molecular weight excluding hydrogens is 128 g/mol. The topological polar surface area (TPSA) is 32.3 Å². The molecule has 3 heteroatoms. The Bertz CT molecular complexity index is 123. The van der Waals surface area contributed by atoms with Gasteiger partial charge in [-0.1, -0.05) is 0 Å². The fourth-order valence-electron chi connectivity index (χ4n) is 1.35. The number of piperazine rings is 1. The minimum absolute atomic E-state index is 0.750. The van der Waals surface area contributed by atoms with Crippen LogP contribution in [0.5, 0.6) is 0 Å². The van der Waals surface area contributed by atoms with Gasteiger partial charge in [0.2, 0.25) is 0 Å². The highest BCUT2D eigenvalue weighted by Gasteiger charge is 2.42. The first kappa shape index (κ1) is 7.69. The SMILES string of the molecule is CC=O.CN1CC2NCC21. The molecule has 2 aliphatic rings. The molecule has 0 aromatic carbocycles. The van der Waals surface area contributed by atoms with Crippen molar-refractivity contribution in [2.24, 2.45) is 0 Å². The molecule has 58 valence electrons. The summed E-state index contributed by atoms with van der Waals surface area (Å²) in [7, 11) is 2.18. The summed E-state index contributed by atoms with van der Waals surface area (Å²) in [5.41, 5.74) is 0. The molecule has 3 nitrogen and oxygen atoms in total. The highest BCUT2D eigenvalue weighted by atomic mass is 16.1. The summed E-state index contributed by atoms with van der Waals surface area (Å²) >= 11 is 0. The molecule has 2 unspecified atom stereocenters. The Morgan fingerprint density at radius 1 is 1.70 bits per heavy atom. The van der Waals surface area contributed by atoms with Crippen LogP contribution in [0.3, 0.4) is 0 Å². The molecule has 10 heavy (non-hydrogen) atoms.